The van der Waals surface area contributed by atoms with Gasteiger partial charge in [-0.05, 0) is 30.3 Å². The quantitative estimate of drug-likeness (QED) is 0.257. The van der Waals surface area contributed by atoms with E-state index in [2.05, 4.69) is 15.0 Å². The molecule has 5 heterocycles. The Balaban J connectivity index is 1.12. The van der Waals surface area contributed by atoms with E-state index in [1.54, 1.807) is 36.1 Å². The number of furan rings is 1. The van der Waals surface area contributed by atoms with E-state index in [9.17, 15) is 22.4 Å². The van der Waals surface area contributed by atoms with Crippen molar-refractivity contribution >= 4 is 28.3 Å². The van der Waals surface area contributed by atoms with Gasteiger partial charge in [0.25, 0.3) is 0 Å². The molecule has 43 heavy (non-hydrogen) atoms. The van der Waals surface area contributed by atoms with Gasteiger partial charge in [0.15, 0.2) is 17.5 Å². The lowest BCUT2D eigenvalue weighted by Crippen LogP contribution is -2.47. The number of imidazole rings is 1. The first-order chi connectivity index (χ1) is 20.5. The predicted molar refractivity (Wildman–Crippen MR) is 148 cm³/mol. The number of aliphatic hydroxyl groups is 1. The van der Waals surface area contributed by atoms with Crippen LogP contribution in [0.4, 0.5) is 29.2 Å². The molecule has 1 aliphatic heterocycles. The Morgan fingerprint density at radius 2 is 1.91 bits per heavy atom. The number of alkyl halides is 3. The molecule has 0 bridgehead atoms. The summed E-state index contributed by atoms with van der Waals surface area (Å²) in [5, 5.41) is 13.6. The first-order valence-electron chi connectivity index (χ1n) is 13.4. The summed E-state index contributed by atoms with van der Waals surface area (Å²) < 4.78 is 67.2. The average molecular weight is 605 g/mol. The number of aromatic nitrogens is 5. The van der Waals surface area contributed by atoms with Crippen molar-refractivity contribution in [2.24, 2.45) is 7.05 Å². The molecule has 1 fully saturated rings. The number of aliphatic hydroxyl groups excluding tert-OH is 1. The minimum atomic E-state index is -4.82. The summed E-state index contributed by atoms with van der Waals surface area (Å²) in [7, 11) is 1.67. The van der Waals surface area contributed by atoms with Gasteiger partial charge in [-0.15, -0.1) is 0 Å². The van der Waals surface area contributed by atoms with Crippen LogP contribution in [0, 0.1) is 5.82 Å². The van der Waals surface area contributed by atoms with Crippen LogP contribution >= 0.6 is 0 Å². The third-order valence-corrected chi connectivity index (χ3v) is 7.54. The third-order valence-electron chi connectivity index (χ3n) is 7.54. The number of piperazine rings is 1. The van der Waals surface area contributed by atoms with Gasteiger partial charge in [0.2, 0.25) is 5.95 Å². The van der Waals surface area contributed by atoms with E-state index in [0.29, 0.717) is 73.1 Å². The van der Waals surface area contributed by atoms with Crippen LogP contribution in [0.25, 0.3) is 28.1 Å². The normalized spacial score (nSPS) is 15.5. The summed E-state index contributed by atoms with van der Waals surface area (Å²) in [6.45, 7) is 2.02. The predicted octanol–water partition coefficient (Wildman–Crippen LogP) is 2.49. The fourth-order valence-corrected chi connectivity index (χ4v) is 5.23. The number of hydrogen-bond acceptors (Lipinski definition) is 9. The Morgan fingerprint density at radius 3 is 2.58 bits per heavy atom. The molecule has 0 saturated carbocycles. The summed E-state index contributed by atoms with van der Waals surface area (Å²) in [6.07, 6.45) is -5.93. The van der Waals surface area contributed by atoms with Crippen molar-refractivity contribution in [3.05, 3.63) is 59.0 Å². The van der Waals surface area contributed by atoms with Gasteiger partial charge in [-0.1, -0.05) is 0 Å². The number of rotatable bonds is 8. The number of nitrogen functional groups attached to an aromatic ring is 1. The molecule has 1 saturated heterocycles. The second-order valence-electron chi connectivity index (χ2n) is 10.2. The van der Waals surface area contributed by atoms with Gasteiger partial charge in [-0.25, -0.2) is 9.18 Å². The maximum atomic E-state index is 14.8. The van der Waals surface area contributed by atoms with Crippen molar-refractivity contribution in [2.45, 2.75) is 18.8 Å². The van der Waals surface area contributed by atoms with E-state index in [1.165, 1.54) is 21.2 Å². The molecule has 3 N–H and O–H groups in total. The molecule has 12 nitrogen and oxygen atoms in total. The third kappa shape index (κ3) is 5.38. The summed E-state index contributed by atoms with van der Waals surface area (Å²) in [5.74, 6) is -0.0591. The zero-order valence-electron chi connectivity index (χ0n) is 23.0. The molecule has 0 aliphatic carbocycles. The molecule has 6 rings (SSSR count). The van der Waals surface area contributed by atoms with E-state index in [4.69, 9.17) is 20.0 Å². The highest BCUT2D eigenvalue weighted by Crippen LogP contribution is 2.28. The zero-order chi connectivity index (χ0) is 30.5. The molecule has 228 valence electrons. The number of anilines is 2. The summed E-state index contributed by atoms with van der Waals surface area (Å²) in [5.41, 5.74) is 8.48. The Kier molecular flexibility index (Phi) is 7.25. The summed E-state index contributed by atoms with van der Waals surface area (Å²) in [4.78, 5) is 21.7. The molecular formula is C27H28F4N8O4. The Hall–Kier alpha value is -4.57. The Morgan fingerprint density at radius 1 is 1.14 bits per heavy atom. The van der Waals surface area contributed by atoms with E-state index in [1.807, 2.05) is 4.90 Å². The SMILES string of the molecule is Cn1c(=O)n(CCN2CCN(c3ccc(OCC(O)C(F)(F)F)cc3F)CC2)c2nc(N)n3nc(-c4ccco4)cc3c21. The molecule has 1 atom stereocenters. The number of hydrogen-bond donors (Lipinski definition) is 2. The van der Waals surface area contributed by atoms with Crippen LogP contribution in [0.3, 0.4) is 0 Å². The topological polar surface area (TPSA) is 132 Å². The maximum Gasteiger partial charge on any atom is 0.417 e. The van der Waals surface area contributed by atoms with E-state index in [0.717, 1.165) is 6.07 Å². The van der Waals surface area contributed by atoms with Gasteiger partial charge < -0.3 is 24.9 Å². The van der Waals surface area contributed by atoms with Gasteiger partial charge in [-0.3, -0.25) is 14.0 Å². The molecule has 0 spiro atoms. The lowest BCUT2D eigenvalue weighted by molar-refractivity contribution is -0.210. The fraction of sp³-hybridized carbons (Fsp3) is 0.370. The largest absolute Gasteiger partial charge is 0.490 e. The number of fused-ring (bicyclic) bond motifs is 3. The highest BCUT2D eigenvalue weighted by molar-refractivity contribution is 5.91. The number of ether oxygens (including phenoxy) is 1. The van der Waals surface area contributed by atoms with E-state index in [-0.39, 0.29) is 17.4 Å². The van der Waals surface area contributed by atoms with Crippen LogP contribution in [0.2, 0.25) is 0 Å². The minimum absolute atomic E-state index is 0.108. The number of halogens is 4. The van der Waals surface area contributed by atoms with Crippen molar-refractivity contribution in [1.82, 2.24) is 28.6 Å². The summed E-state index contributed by atoms with van der Waals surface area (Å²) >= 11 is 0. The smallest absolute Gasteiger partial charge is 0.417 e. The highest BCUT2D eigenvalue weighted by atomic mass is 19.4. The van der Waals surface area contributed by atoms with Crippen molar-refractivity contribution in [2.75, 3.05) is 50.0 Å². The Bertz CT molecular complexity index is 1820. The van der Waals surface area contributed by atoms with Crippen molar-refractivity contribution < 1.29 is 31.8 Å². The number of nitrogens with two attached hydrogens (primary N) is 1. The molecular weight excluding hydrogens is 576 g/mol. The molecule has 1 unspecified atom stereocenters. The molecule has 1 aromatic carbocycles. The summed E-state index contributed by atoms with van der Waals surface area (Å²) in [6, 6.07) is 9.15. The minimum Gasteiger partial charge on any atom is -0.490 e. The standard InChI is InChI=1S/C27H28F4N8O4/c1-35-23-20-14-18(21-3-2-12-42-21)34-39(20)25(32)33-24(23)38(26(35)41)11-8-36-6-9-37(10-7-36)19-5-4-16(13-17(19)28)43-15-22(40)27(29,30)31/h2-5,12-14,22,40H,6-11,15H2,1H3,(H2,32,33). The van der Waals surface area contributed by atoms with Crippen LogP contribution in [-0.2, 0) is 13.6 Å². The van der Waals surface area contributed by atoms with Crippen LogP contribution in [0.15, 0.2) is 51.9 Å². The molecule has 0 radical (unpaired) electrons. The van der Waals surface area contributed by atoms with Crippen molar-refractivity contribution in [3.8, 4) is 17.2 Å². The number of benzene rings is 1. The van der Waals surface area contributed by atoms with Crippen LogP contribution in [0.1, 0.15) is 0 Å². The van der Waals surface area contributed by atoms with Crippen LogP contribution in [0.5, 0.6) is 5.75 Å². The number of nitrogens with zero attached hydrogens (tertiary/aromatic N) is 7. The van der Waals surface area contributed by atoms with Crippen molar-refractivity contribution in [3.63, 3.8) is 0 Å². The van der Waals surface area contributed by atoms with Crippen LogP contribution in [-0.4, -0.2) is 85.3 Å². The lowest BCUT2D eigenvalue weighted by atomic mass is 10.2. The molecule has 4 aromatic heterocycles. The van der Waals surface area contributed by atoms with Gasteiger partial charge in [0.1, 0.15) is 29.4 Å². The Labute approximate surface area is 241 Å². The molecule has 16 heteroatoms. The van der Waals surface area contributed by atoms with Crippen LogP contribution < -0.4 is 21.1 Å². The van der Waals surface area contributed by atoms with E-state index >= 15 is 0 Å². The first-order valence-corrected chi connectivity index (χ1v) is 13.4. The van der Waals surface area contributed by atoms with Gasteiger partial charge in [0, 0.05) is 52.4 Å². The second-order valence-corrected chi connectivity index (χ2v) is 10.2. The highest BCUT2D eigenvalue weighted by Gasteiger charge is 2.38. The molecule has 5 aromatic rings. The molecule has 0 amide bonds. The maximum absolute atomic E-state index is 14.8. The van der Waals surface area contributed by atoms with Gasteiger partial charge in [-0.2, -0.15) is 27.8 Å². The van der Waals surface area contributed by atoms with Gasteiger partial charge in [0.05, 0.1) is 17.5 Å². The first kappa shape index (κ1) is 28.5. The van der Waals surface area contributed by atoms with Crippen molar-refractivity contribution in [1.29, 1.82) is 0 Å². The van der Waals surface area contributed by atoms with E-state index < -0.39 is 24.7 Å². The van der Waals surface area contributed by atoms with Gasteiger partial charge >= 0.3 is 11.9 Å². The second kappa shape index (κ2) is 10.9. The lowest BCUT2D eigenvalue weighted by Gasteiger charge is -2.36. The average Bonchev–Trinajstić information content (AvgIpc) is 3.71. The zero-order valence-corrected chi connectivity index (χ0v) is 23.0. The fourth-order valence-electron chi connectivity index (χ4n) is 5.23. The monoisotopic (exact) mass is 604 g/mol. The number of aryl methyl sites for hydroxylation is 1. The molecule has 1 aliphatic rings.